The quantitative estimate of drug-likeness (QED) is 0.788. The molecule has 0 saturated carbocycles. The van der Waals surface area contributed by atoms with Crippen molar-refractivity contribution in [3.63, 3.8) is 0 Å². The van der Waals surface area contributed by atoms with Crippen molar-refractivity contribution in [3.05, 3.63) is 46.6 Å². The Morgan fingerprint density at radius 1 is 1.23 bits per heavy atom. The van der Waals surface area contributed by atoms with Gasteiger partial charge in [0.15, 0.2) is 5.49 Å². The summed E-state index contributed by atoms with van der Waals surface area (Å²) in [7, 11) is 1.97. The first-order valence-electron chi connectivity index (χ1n) is 10.1. The fourth-order valence-corrected chi connectivity index (χ4v) is 3.15. The molecule has 1 aromatic carbocycles. The van der Waals surface area contributed by atoms with E-state index in [0.717, 1.165) is 18.7 Å². The van der Waals surface area contributed by atoms with Crippen LogP contribution in [0.5, 0.6) is 5.75 Å². The van der Waals surface area contributed by atoms with Crippen LogP contribution in [0.1, 0.15) is 69.6 Å². The largest absolute Gasteiger partial charge is 0.490 e. The van der Waals surface area contributed by atoms with Crippen LogP contribution >= 0.6 is 0 Å². The van der Waals surface area contributed by atoms with Crippen LogP contribution in [-0.4, -0.2) is 32.6 Å². The van der Waals surface area contributed by atoms with Gasteiger partial charge < -0.3 is 9.84 Å². The molecular weight excluding hydrogens is 380 g/mol. The number of aromatic nitrogens is 2. The Hall–Kier alpha value is -2.85. The molecule has 0 bridgehead atoms. The molecule has 162 valence electrons. The fourth-order valence-electron chi connectivity index (χ4n) is 3.15. The molecule has 0 fully saturated rings. The van der Waals surface area contributed by atoms with E-state index in [4.69, 9.17) is 4.74 Å². The van der Waals surface area contributed by atoms with Gasteiger partial charge in [-0.3, -0.25) is 14.2 Å². The van der Waals surface area contributed by atoms with E-state index in [2.05, 4.69) is 32.7 Å². The Kier molecular flexibility index (Phi) is 6.94. The molecule has 7 heteroatoms. The van der Waals surface area contributed by atoms with Gasteiger partial charge in [-0.2, -0.15) is 10.3 Å². The molecule has 2 aromatic rings. The van der Waals surface area contributed by atoms with Crippen molar-refractivity contribution in [1.82, 2.24) is 9.36 Å². The first-order valence-corrected chi connectivity index (χ1v) is 10.1. The van der Waals surface area contributed by atoms with Crippen molar-refractivity contribution in [2.24, 2.45) is 12.0 Å². The molecule has 0 aliphatic heterocycles. The molecule has 1 amide bonds. The van der Waals surface area contributed by atoms with Gasteiger partial charge in [0, 0.05) is 30.8 Å². The van der Waals surface area contributed by atoms with Crippen molar-refractivity contribution >= 4 is 5.91 Å². The second kappa shape index (κ2) is 8.88. The molecule has 0 unspecified atom stereocenters. The molecule has 0 saturated heterocycles. The average molecular weight is 413 g/mol. The van der Waals surface area contributed by atoms with Crippen LogP contribution in [-0.2, 0) is 19.0 Å². The van der Waals surface area contributed by atoms with E-state index in [1.165, 1.54) is 6.07 Å². The van der Waals surface area contributed by atoms with Crippen molar-refractivity contribution in [3.8, 4) is 11.8 Å². The van der Waals surface area contributed by atoms with Crippen LogP contribution < -0.4 is 10.2 Å². The highest BCUT2D eigenvalue weighted by molar-refractivity contribution is 5.98. The minimum atomic E-state index is -1.06. The van der Waals surface area contributed by atoms with Gasteiger partial charge in [-0.15, -0.1) is 0 Å². The van der Waals surface area contributed by atoms with Crippen molar-refractivity contribution in [1.29, 1.82) is 5.26 Å². The predicted molar refractivity (Wildman–Crippen MR) is 115 cm³/mol. The van der Waals surface area contributed by atoms with E-state index in [0.29, 0.717) is 16.8 Å². The monoisotopic (exact) mass is 412 g/mol. The summed E-state index contributed by atoms with van der Waals surface area (Å²) >= 11 is 0. The molecule has 2 rings (SSSR count). The highest BCUT2D eigenvalue weighted by atomic mass is 16.5. The number of carbonyl (C=O) groups excluding carboxylic acids is 1. The molecule has 1 N–H and O–H groups in total. The Morgan fingerprint density at radius 3 is 2.43 bits per heavy atom. The lowest BCUT2D eigenvalue weighted by Gasteiger charge is -2.20. The number of hydrogen-bond acceptors (Lipinski definition) is 4. The summed E-state index contributed by atoms with van der Waals surface area (Å²) < 4.78 is 9.68. The van der Waals surface area contributed by atoms with Gasteiger partial charge in [-0.05, 0) is 38.5 Å². The van der Waals surface area contributed by atoms with Gasteiger partial charge in [-0.25, -0.2) is 0 Å². The normalized spacial score (nSPS) is 12.7. The summed E-state index contributed by atoms with van der Waals surface area (Å²) in [6, 6.07) is 8.59. The summed E-state index contributed by atoms with van der Waals surface area (Å²) in [4.78, 5) is 17.5. The molecule has 0 aliphatic rings. The van der Waals surface area contributed by atoms with Crippen LogP contribution in [0.15, 0.2) is 29.3 Å². The zero-order chi connectivity index (χ0) is 22.7. The standard InChI is InChI=1S/C23H32N4O3/c1-8-11-27-20(13-19(26(27)7)22(2,3)4)25-21(28)17-12-16(14-24)9-10-18(17)30-15-23(5,6)29/h9-10,12-13,29H,8,11,15H2,1-7H3. The maximum Gasteiger partial charge on any atom is 0.282 e. The minimum Gasteiger partial charge on any atom is -0.490 e. The van der Waals surface area contributed by atoms with Crippen LogP contribution in [0.25, 0.3) is 0 Å². The maximum atomic E-state index is 13.1. The SMILES string of the molecule is CCCn1c(=NC(=O)c2cc(C#N)ccc2OCC(C)(C)O)cc(C(C)(C)C)n1C. The lowest BCUT2D eigenvalue weighted by atomic mass is 9.92. The van der Waals surface area contributed by atoms with Gasteiger partial charge in [0.2, 0.25) is 0 Å². The van der Waals surface area contributed by atoms with Crippen LogP contribution in [0.3, 0.4) is 0 Å². The number of nitriles is 1. The van der Waals surface area contributed by atoms with Gasteiger partial charge in [0.25, 0.3) is 5.91 Å². The molecule has 0 atom stereocenters. The minimum absolute atomic E-state index is 0.00846. The molecule has 30 heavy (non-hydrogen) atoms. The smallest absolute Gasteiger partial charge is 0.282 e. The van der Waals surface area contributed by atoms with E-state index >= 15 is 0 Å². The van der Waals surface area contributed by atoms with E-state index < -0.39 is 11.5 Å². The zero-order valence-electron chi connectivity index (χ0n) is 19.0. The topological polar surface area (TPSA) is 92.5 Å². The number of hydrogen-bond donors (Lipinski definition) is 1. The first-order chi connectivity index (χ1) is 13.9. The van der Waals surface area contributed by atoms with E-state index in [1.807, 2.05) is 28.5 Å². The number of amides is 1. The molecule has 7 nitrogen and oxygen atoms in total. The zero-order valence-corrected chi connectivity index (χ0v) is 19.0. The Morgan fingerprint density at radius 2 is 1.90 bits per heavy atom. The highest BCUT2D eigenvalue weighted by Gasteiger charge is 2.22. The summed E-state index contributed by atoms with van der Waals surface area (Å²) in [5.74, 6) is -0.201. The number of benzene rings is 1. The van der Waals surface area contributed by atoms with E-state index in [9.17, 15) is 15.2 Å². The van der Waals surface area contributed by atoms with Crippen molar-refractivity contribution < 1.29 is 14.6 Å². The van der Waals surface area contributed by atoms with E-state index in [1.54, 1.807) is 26.0 Å². The first kappa shape index (κ1) is 23.4. The summed E-state index contributed by atoms with van der Waals surface area (Å²) in [6.07, 6.45) is 0.896. The summed E-state index contributed by atoms with van der Waals surface area (Å²) in [5.41, 5.74) is 0.993. The lowest BCUT2D eigenvalue weighted by molar-refractivity contribution is 0.0281. The Balaban J connectivity index is 2.58. The number of rotatable bonds is 6. The summed E-state index contributed by atoms with van der Waals surface area (Å²) in [5, 5.41) is 19.2. The second-order valence-corrected chi connectivity index (χ2v) is 9.13. The third kappa shape index (κ3) is 5.61. The number of nitrogens with zero attached hydrogens (tertiary/aromatic N) is 4. The number of carbonyl (C=O) groups is 1. The van der Waals surface area contributed by atoms with E-state index in [-0.39, 0.29) is 17.6 Å². The highest BCUT2D eigenvalue weighted by Crippen LogP contribution is 2.23. The molecule has 0 spiro atoms. The van der Waals surface area contributed by atoms with Gasteiger partial charge in [0.05, 0.1) is 22.8 Å². The van der Waals surface area contributed by atoms with Gasteiger partial charge >= 0.3 is 0 Å². The molecule has 0 aliphatic carbocycles. The molecular formula is C23H32N4O3. The third-order valence-corrected chi connectivity index (χ3v) is 4.58. The lowest BCUT2D eigenvalue weighted by Crippen LogP contribution is -2.28. The van der Waals surface area contributed by atoms with Gasteiger partial charge in [0.1, 0.15) is 12.4 Å². The summed E-state index contributed by atoms with van der Waals surface area (Å²) in [6.45, 7) is 12.4. The molecule has 0 radical (unpaired) electrons. The van der Waals surface area contributed by atoms with Crippen LogP contribution in [0.4, 0.5) is 0 Å². The number of aliphatic hydroxyl groups is 1. The van der Waals surface area contributed by atoms with Crippen LogP contribution in [0.2, 0.25) is 0 Å². The number of ether oxygens (including phenoxy) is 1. The predicted octanol–water partition coefficient (Wildman–Crippen LogP) is 3.30. The Bertz CT molecular complexity index is 1020. The molecule has 1 aromatic heterocycles. The average Bonchev–Trinajstić information content (AvgIpc) is 2.95. The maximum absolute atomic E-state index is 13.1. The Labute approximate surface area is 178 Å². The fraction of sp³-hybridized carbons (Fsp3) is 0.522. The van der Waals surface area contributed by atoms with Crippen molar-refractivity contribution in [2.45, 2.75) is 65.5 Å². The third-order valence-electron chi connectivity index (χ3n) is 4.58. The molecule has 1 heterocycles. The van der Waals surface area contributed by atoms with Crippen LogP contribution in [0, 0.1) is 11.3 Å². The van der Waals surface area contributed by atoms with Crippen molar-refractivity contribution in [2.75, 3.05) is 6.61 Å². The van der Waals surface area contributed by atoms with Gasteiger partial charge in [-0.1, -0.05) is 27.7 Å². The second-order valence-electron chi connectivity index (χ2n) is 9.13.